The molecular weight excluding hydrogens is 367 g/mol. The Kier molecular flexibility index (Phi) is 5.43. The molecule has 4 rings (SSSR count). The summed E-state index contributed by atoms with van der Waals surface area (Å²) < 4.78 is 4.25. The number of para-hydroxylation sites is 2. The Labute approximate surface area is 166 Å². The van der Waals surface area contributed by atoms with E-state index in [-0.39, 0.29) is 12.1 Å². The van der Waals surface area contributed by atoms with Crippen LogP contribution in [0.2, 0.25) is 0 Å². The van der Waals surface area contributed by atoms with Crippen LogP contribution < -0.4 is 9.34 Å². The van der Waals surface area contributed by atoms with Crippen molar-refractivity contribution < 1.29 is 9.69 Å². The van der Waals surface area contributed by atoms with Crippen LogP contribution in [0.25, 0.3) is 0 Å². The summed E-state index contributed by atoms with van der Waals surface area (Å²) >= 11 is 0. The number of carbonyl (C=O) groups excluding carboxylic acids is 1. The molecule has 4 nitrogen and oxygen atoms in total. The monoisotopic (exact) mass is 391 g/mol. The number of hydrogen-bond donors (Lipinski definition) is 1. The summed E-state index contributed by atoms with van der Waals surface area (Å²) in [5, 5.41) is 0. The zero-order chi connectivity index (χ0) is 19.4. The number of aldehydes is 1. The molecule has 3 aromatic rings. The zero-order valence-corrected chi connectivity index (χ0v) is 16.5. The molecule has 28 heavy (non-hydrogen) atoms. The van der Waals surface area contributed by atoms with Crippen LogP contribution in [0.3, 0.4) is 0 Å². The van der Waals surface area contributed by atoms with E-state index in [1.54, 1.807) is 0 Å². The van der Waals surface area contributed by atoms with Crippen LogP contribution in [0.4, 0.5) is 11.4 Å². The van der Waals surface area contributed by atoms with Gasteiger partial charge in [0.25, 0.3) is 0 Å². The van der Waals surface area contributed by atoms with E-state index >= 15 is 0 Å². The molecule has 3 aromatic carbocycles. The molecular formula is C23H24N2O2P+. The molecule has 1 aliphatic heterocycles. The molecule has 0 aromatic heterocycles. The maximum absolute atomic E-state index is 12.4. The van der Waals surface area contributed by atoms with Gasteiger partial charge in [-0.05, 0) is 29.8 Å². The third-order valence-electron chi connectivity index (χ3n) is 5.26. The van der Waals surface area contributed by atoms with E-state index < -0.39 is 7.79 Å². The first-order valence-corrected chi connectivity index (χ1v) is 11.2. The first-order chi connectivity index (χ1) is 13.7. The minimum Gasteiger partial charge on any atom is -0.303 e. The zero-order valence-electron chi connectivity index (χ0n) is 15.6. The number of benzene rings is 3. The van der Waals surface area contributed by atoms with Gasteiger partial charge in [-0.15, -0.1) is 0 Å². The number of hydrogen-bond acceptors (Lipinski definition) is 4. The van der Waals surface area contributed by atoms with Gasteiger partial charge in [0.1, 0.15) is 6.29 Å². The maximum atomic E-state index is 12.4. The van der Waals surface area contributed by atoms with Gasteiger partial charge in [0.15, 0.2) is 5.66 Å². The van der Waals surface area contributed by atoms with Crippen molar-refractivity contribution in [3.63, 3.8) is 0 Å². The summed E-state index contributed by atoms with van der Waals surface area (Å²) in [6, 6.07) is 29.9. The Morgan fingerprint density at radius 3 is 1.64 bits per heavy atom. The van der Waals surface area contributed by atoms with Crippen LogP contribution in [-0.2, 0) is 4.79 Å². The van der Waals surface area contributed by atoms with Gasteiger partial charge >= 0.3 is 7.79 Å². The van der Waals surface area contributed by atoms with Crippen molar-refractivity contribution in [3.05, 3.63) is 96.6 Å². The predicted molar refractivity (Wildman–Crippen MR) is 117 cm³/mol. The fourth-order valence-corrected chi connectivity index (χ4v) is 7.58. The van der Waals surface area contributed by atoms with Gasteiger partial charge in [-0.3, -0.25) is 0 Å². The first-order valence-electron chi connectivity index (χ1n) is 9.51. The van der Waals surface area contributed by atoms with E-state index in [2.05, 4.69) is 9.34 Å². The van der Waals surface area contributed by atoms with Crippen LogP contribution in [0.1, 0.15) is 17.6 Å². The molecule has 1 unspecified atom stereocenters. The summed E-state index contributed by atoms with van der Waals surface area (Å²) in [6.07, 6.45) is 1.21. The third kappa shape index (κ3) is 3.30. The molecule has 5 heteroatoms. The number of rotatable bonds is 6. The van der Waals surface area contributed by atoms with Crippen molar-refractivity contribution in [2.45, 2.75) is 12.1 Å². The van der Waals surface area contributed by atoms with Crippen molar-refractivity contribution in [2.75, 3.05) is 22.4 Å². The second-order valence-corrected chi connectivity index (χ2v) is 9.68. The van der Waals surface area contributed by atoms with E-state index in [9.17, 15) is 9.69 Å². The Bertz CT molecular complexity index is 858. The van der Waals surface area contributed by atoms with Gasteiger partial charge < -0.3 is 4.79 Å². The van der Waals surface area contributed by atoms with Gasteiger partial charge in [-0.2, -0.15) is 0 Å². The smallest absolute Gasteiger partial charge is 0.303 e. The predicted octanol–water partition coefficient (Wildman–Crippen LogP) is 5.10. The fourth-order valence-electron chi connectivity index (χ4n) is 3.99. The molecule has 1 atom stereocenters. The molecule has 0 saturated carbocycles. The average molecular weight is 391 g/mol. The Hall–Kier alpha value is -2.68. The molecule has 0 bridgehead atoms. The topological polar surface area (TPSA) is 43.8 Å². The summed E-state index contributed by atoms with van der Waals surface area (Å²) in [5.74, 6) is 0. The second-order valence-electron chi connectivity index (χ2n) is 6.86. The fraction of sp³-hybridized carbons (Fsp3) is 0.174. The molecule has 142 valence electrons. The molecule has 0 aliphatic carbocycles. The van der Waals surface area contributed by atoms with E-state index in [0.717, 1.165) is 23.2 Å². The molecule has 0 amide bonds. The molecule has 0 radical (unpaired) electrons. The molecule has 1 saturated heterocycles. The summed E-state index contributed by atoms with van der Waals surface area (Å²) in [5.41, 5.74) is 2.69. The Balaban J connectivity index is 1.86. The van der Waals surface area contributed by atoms with Crippen molar-refractivity contribution in [2.24, 2.45) is 0 Å². The van der Waals surface area contributed by atoms with E-state index in [1.807, 2.05) is 91.0 Å². The lowest BCUT2D eigenvalue weighted by atomic mass is 10.1. The molecule has 1 aliphatic rings. The van der Waals surface area contributed by atoms with Crippen molar-refractivity contribution in [1.82, 2.24) is 0 Å². The normalized spacial score (nSPS) is 16.8. The molecule has 1 fully saturated rings. The number of nitrogens with zero attached hydrogens (tertiary/aromatic N) is 2. The van der Waals surface area contributed by atoms with E-state index in [1.165, 1.54) is 0 Å². The van der Waals surface area contributed by atoms with Crippen LogP contribution in [0.5, 0.6) is 0 Å². The largest absolute Gasteiger partial charge is 0.339 e. The average Bonchev–Trinajstić information content (AvgIpc) is 3.11. The van der Waals surface area contributed by atoms with Crippen LogP contribution in [0, 0.1) is 0 Å². The van der Waals surface area contributed by atoms with Gasteiger partial charge in [0.05, 0.1) is 30.9 Å². The minimum absolute atomic E-state index is 0.279. The summed E-state index contributed by atoms with van der Waals surface area (Å²) in [6.45, 7) is 1.43. The lowest BCUT2D eigenvalue weighted by molar-refractivity contribution is -0.107. The van der Waals surface area contributed by atoms with Crippen LogP contribution in [-0.4, -0.2) is 24.3 Å². The van der Waals surface area contributed by atoms with Gasteiger partial charge in [0, 0.05) is 0 Å². The van der Waals surface area contributed by atoms with Gasteiger partial charge in [0.2, 0.25) is 0 Å². The molecule has 0 spiro atoms. The number of anilines is 2. The highest BCUT2D eigenvalue weighted by molar-refractivity contribution is 7.74. The van der Waals surface area contributed by atoms with E-state index in [0.29, 0.717) is 13.1 Å². The van der Waals surface area contributed by atoms with Crippen LogP contribution in [0.15, 0.2) is 91.0 Å². The van der Waals surface area contributed by atoms with Gasteiger partial charge in [-0.25, -0.2) is 14.2 Å². The Morgan fingerprint density at radius 2 is 1.21 bits per heavy atom. The molecule has 1 heterocycles. The number of carbonyl (C=O) groups is 1. The summed E-state index contributed by atoms with van der Waals surface area (Å²) in [4.78, 5) is 24.0. The summed E-state index contributed by atoms with van der Waals surface area (Å²) in [7, 11) is -2.90. The second kappa shape index (κ2) is 8.14. The van der Waals surface area contributed by atoms with Gasteiger partial charge in [-0.1, -0.05) is 66.7 Å². The SMILES string of the molecule is O=CCC(c1ccccc1)[P+]1(O)N(c2ccccc2)CCN1c1ccccc1. The quantitative estimate of drug-likeness (QED) is 0.469. The first kappa shape index (κ1) is 18.7. The van der Waals surface area contributed by atoms with Crippen molar-refractivity contribution >= 4 is 25.5 Å². The van der Waals surface area contributed by atoms with Crippen LogP contribution >= 0.6 is 7.79 Å². The standard InChI is InChI=1S/C23H24N2O2P/c26-19-16-23(20-10-4-1-5-11-20)28(27)24(21-12-6-2-7-13-21)17-18-25(28)22-14-8-3-9-15-22/h1-15,19,23,27H,16-18H2/q+1. The van der Waals surface area contributed by atoms with Crippen molar-refractivity contribution in [3.8, 4) is 0 Å². The minimum atomic E-state index is -2.90. The molecule has 1 N–H and O–H groups in total. The lowest BCUT2D eigenvalue weighted by Crippen LogP contribution is -2.29. The van der Waals surface area contributed by atoms with E-state index in [4.69, 9.17) is 0 Å². The Morgan fingerprint density at radius 1 is 0.786 bits per heavy atom. The van der Waals surface area contributed by atoms with Crippen molar-refractivity contribution in [1.29, 1.82) is 0 Å². The third-order valence-corrected chi connectivity index (χ3v) is 8.89. The highest BCUT2D eigenvalue weighted by atomic mass is 31.2. The lowest BCUT2D eigenvalue weighted by Gasteiger charge is -2.36. The maximum Gasteiger partial charge on any atom is 0.339 e. The highest BCUT2D eigenvalue weighted by Gasteiger charge is 2.61. The highest BCUT2D eigenvalue weighted by Crippen LogP contribution is 2.75.